The van der Waals surface area contributed by atoms with Crippen LogP contribution < -0.4 is 10.7 Å². The maximum absolute atomic E-state index is 13.1. The van der Waals surface area contributed by atoms with E-state index in [0.29, 0.717) is 24.5 Å². The van der Waals surface area contributed by atoms with Gasteiger partial charge in [0.1, 0.15) is 17.6 Å². The van der Waals surface area contributed by atoms with E-state index in [9.17, 15) is 14.0 Å². The van der Waals surface area contributed by atoms with E-state index >= 15 is 0 Å². The van der Waals surface area contributed by atoms with Crippen molar-refractivity contribution in [1.82, 2.24) is 9.80 Å². The molecule has 2 amide bonds. The van der Waals surface area contributed by atoms with Gasteiger partial charge in [-0.2, -0.15) is 5.10 Å². The molecule has 3 rings (SSSR count). The molecule has 128 valence electrons. The summed E-state index contributed by atoms with van der Waals surface area (Å²) in [6.45, 7) is 2.87. The molecule has 1 fully saturated rings. The number of carbonyl (C=O) groups is 2. The van der Waals surface area contributed by atoms with Gasteiger partial charge in [-0.15, -0.1) is 0 Å². The van der Waals surface area contributed by atoms with E-state index in [1.807, 2.05) is 7.05 Å². The smallest absolute Gasteiger partial charge is 0.270 e. The zero-order valence-electron chi connectivity index (χ0n) is 13.5. The Morgan fingerprint density at radius 2 is 1.79 bits per heavy atom. The second kappa shape index (κ2) is 6.56. The third-order valence-electron chi connectivity index (χ3n) is 4.37. The van der Waals surface area contributed by atoms with E-state index in [1.54, 1.807) is 4.90 Å². The summed E-state index contributed by atoms with van der Waals surface area (Å²) in [6.07, 6.45) is 0.165. The molecular weight excluding hydrogens is 313 g/mol. The monoisotopic (exact) mass is 333 g/mol. The third-order valence-corrected chi connectivity index (χ3v) is 4.37. The zero-order valence-corrected chi connectivity index (χ0v) is 13.5. The van der Waals surface area contributed by atoms with Crippen LogP contribution >= 0.6 is 0 Å². The molecule has 0 spiro atoms. The average molecular weight is 333 g/mol. The molecule has 1 aromatic rings. The largest absolute Gasteiger partial charge is 0.368 e. The van der Waals surface area contributed by atoms with Crippen LogP contribution in [0.25, 0.3) is 0 Å². The number of hydrogen-bond donors (Lipinski definition) is 1. The third kappa shape index (κ3) is 3.23. The molecule has 2 aliphatic rings. The topological polar surface area (TPSA) is 82.2 Å². The first kappa shape index (κ1) is 16.4. The van der Waals surface area contributed by atoms with Crippen molar-refractivity contribution in [3.8, 4) is 0 Å². The van der Waals surface area contributed by atoms with Crippen molar-refractivity contribution >= 4 is 23.2 Å². The highest BCUT2D eigenvalue weighted by Crippen LogP contribution is 2.25. The lowest BCUT2D eigenvalue weighted by Gasteiger charge is -2.32. The summed E-state index contributed by atoms with van der Waals surface area (Å²) in [7, 11) is 2.01. The van der Waals surface area contributed by atoms with Crippen molar-refractivity contribution in [3.05, 3.63) is 30.1 Å². The number of hydrogen-bond acceptors (Lipinski definition) is 5. The van der Waals surface area contributed by atoms with Crippen LogP contribution in [0.4, 0.5) is 10.1 Å². The van der Waals surface area contributed by atoms with Gasteiger partial charge in [0.05, 0.1) is 5.69 Å². The van der Waals surface area contributed by atoms with Gasteiger partial charge in [0.25, 0.3) is 5.91 Å². The molecule has 2 heterocycles. The molecule has 0 aromatic heterocycles. The van der Waals surface area contributed by atoms with Gasteiger partial charge < -0.3 is 15.5 Å². The van der Waals surface area contributed by atoms with Crippen molar-refractivity contribution in [2.24, 2.45) is 10.8 Å². The Labute approximate surface area is 139 Å². The van der Waals surface area contributed by atoms with Crippen LogP contribution in [0.1, 0.15) is 6.42 Å². The molecule has 7 nitrogen and oxygen atoms in total. The Balaban J connectivity index is 1.81. The maximum atomic E-state index is 13.1. The van der Waals surface area contributed by atoms with Gasteiger partial charge in [-0.1, -0.05) is 0 Å². The molecule has 2 aliphatic heterocycles. The van der Waals surface area contributed by atoms with Crippen molar-refractivity contribution in [2.75, 3.05) is 38.2 Å². The van der Waals surface area contributed by atoms with Crippen LogP contribution in [0.2, 0.25) is 0 Å². The van der Waals surface area contributed by atoms with E-state index in [0.717, 1.165) is 13.1 Å². The van der Waals surface area contributed by atoms with Crippen molar-refractivity contribution < 1.29 is 14.0 Å². The Hall–Kier alpha value is -2.48. The van der Waals surface area contributed by atoms with Crippen molar-refractivity contribution in [1.29, 1.82) is 0 Å². The van der Waals surface area contributed by atoms with Gasteiger partial charge in [0.15, 0.2) is 0 Å². The number of halogens is 1. The fraction of sp³-hybridized carbons (Fsp3) is 0.438. The Morgan fingerprint density at radius 3 is 2.38 bits per heavy atom. The van der Waals surface area contributed by atoms with Gasteiger partial charge in [-0.05, 0) is 31.3 Å². The van der Waals surface area contributed by atoms with Crippen LogP contribution in [0.5, 0.6) is 0 Å². The van der Waals surface area contributed by atoms with Gasteiger partial charge in [-0.3, -0.25) is 14.6 Å². The number of nitrogens with two attached hydrogens (primary N) is 1. The minimum atomic E-state index is -0.734. The summed E-state index contributed by atoms with van der Waals surface area (Å²) in [5.74, 6) is -1.12. The number of benzene rings is 1. The fourth-order valence-electron chi connectivity index (χ4n) is 2.88. The van der Waals surface area contributed by atoms with Gasteiger partial charge >= 0.3 is 0 Å². The summed E-state index contributed by atoms with van der Waals surface area (Å²) < 4.78 is 13.1. The summed E-state index contributed by atoms with van der Waals surface area (Å²) in [6, 6.07) is 4.85. The number of amides is 2. The highest BCUT2D eigenvalue weighted by atomic mass is 19.1. The Morgan fingerprint density at radius 1 is 1.17 bits per heavy atom. The normalized spacial score (nSPS) is 21.8. The highest BCUT2D eigenvalue weighted by Gasteiger charge is 2.36. The molecule has 24 heavy (non-hydrogen) atoms. The number of carbonyl (C=O) groups excluding carboxylic acids is 2. The molecule has 2 N–H and O–H groups in total. The van der Waals surface area contributed by atoms with Crippen LogP contribution in [-0.2, 0) is 9.59 Å². The molecule has 1 saturated heterocycles. The molecule has 8 heteroatoms. The van der Waals surface area contributed by atoms with E-state index < -0.39 is 11.9 Å². The quantitative estimate of drug-likeness (QED) is 0.845. The lowest BCUT2D eigenvalue weighted by molar-refractivity contribution is -0.125. The predicted octanol–water partition coefficient (Wildman–Crippen LogP) is 0.0197. The first-order valence-corrected chi connectivity index (χ1v) is 7.85. The van der Waals surface area contributed by atoms with Crippen LogP contribution in [-0.4, -0.2) is 66.6 Å². The number of likely N-dealkylation sites (N-methyl/N-ethyl adjacent to an activating group) is 1. The van der Waals surface area contributed by atoms with Crippen molar-refractivity contribution in [2.45, 2.75) is 12.5 Å². The standard InChI is InChI=1S/C16H20FN5O2/c1-20-6-8-21(9-7-20)16(24)13-10-14(15(18)23)22(19-13)12-4-2-11(17)3-5-12/h2-5,14H,6-10H2,1H3,(H2,18,23). The van der Waals surface area contributed by atoms with Gasteiger partial charge in [0, 0.05) is 32.6 Å². The van der Waals surface area contributed by atoms with Gasteiger partial charge in [0.2, 0.25) is 5.91 Å². The predicted molar refractivity (Wildman–Crippen MR) is 88.0 cm³/mol. The molecule has 0 radical (unpaired) electrons. The maximum Gasteiger partial charge on any atom is 0.270 e. The Kier molecular flexibility index (Phi) is 4.48. The number of nitrogens with zero attached hydrogens (tertiary/aromatic N) is 4. The highest BCUT2D eigenvalue weighted by molar-refractivity contribution is 6.40. The first-order valence-electron chi connectivity index (χ1n) is 7.85. The zero-order chi connectivity index (χ0) is 17.3. The van der Waals surface area contributed by atoms with E-state index in [1.165, 1.54) is 29.3 Å². The SMILES string of the molecule is CN1CCN(C(=O)C2=NN(c3ccc(F)cc3)C(C(N)=O)C2)CC1. The second-order valence-corrected chi connectivity index (χ2v) is 6.09. The fourth-order valence-corrected chi connectivity index (χ4v) is 2.88. The molecule has 0 bridgehead atoms. The van der Waals surface area contributed by atoms with Crippen LogP contribution in [0.3, 0.4) is 0 Å². The number of anilines is 1. The molecule has 0 saturated carbocycles. The lowest BCUT2D eigenvalue weighted by Crippen LogP contribution is -2.49. The molecule has 1 unspecified atom stereocenters. The lowest BCUT2D eigenvalue weighted by atomic mass is 10.1. The second-order valence-electron chi connectivity index (χ2n) is 6.09. The number of rotatable bonds is 3. The van der Waals surface area contributed by atoms with E-state index in [2.05, 4.69) is 10.0 Å². The molecule has 0 aliphatic carbocycles. The summed E-state index contributed by atoms with van der Waals surface area (Å²) >= 11 is 0. The molecule has 1 atom stereocenters. The number of piperazine rings is 1. The number of primary amides is 1. The molecule has 1 aromatic carbocycles. The summed E-state index contributed by atoms with van der Waals surface area (Å²) in [5, 5.41) is 5.71. The summed E-state index contributed by atoms with van der Waals surface area (Å²) in [5.41, 5.74) is 6.30. The Bertz CT molecular complexity index is 668. The van der Waals surface area contributed by atoms with E-state index in [-0.39, 0.29) is 18.1 Å². The van der Waals surface area contributed by atoms with E-state index in [4.69, 9.17) is 5.73 Å². The average Bonchev–Trinajstić information content (AvgIpc) is 3.01. The molecular formula is C16H20FN5O2. The van der Waals surface area contributed by atoms with Crippen LogP contribution in [0.15, 0.2) is 29.4 Å². The first-order chi connectivity index (χ1) is 11.5. The van der Waals surface area contributed by atoms with Gasteiger partial charge in [-0.25, -0.2) is 4.39 Å². The summed E-state index contributed by atoms with van der Waals surface area (Å²) in [4.78, 5) is 28.3. The van der Waals surface area contributed by atoms with Crippen molar-refractivity contribution in [3.63, 3.8) is 0 Å². The minimum absolute atomic E-state index is 0.165. The minimum Gasteiger partial charge on any atom is -0.368 e. The number of hydrazone groups is 1. The van der Waals surface area contributed by atoms with Crippen LogP contribution in [0, 0.1) is 5.82 Å².